The maximum absolute atomic E-state index is 13.4. The fourth-order valence-corrected chi connectivity index (χ4v) is 5.32. The molecule has 0 radical (unpaired) electrons. The number of methoxy groups -OCH3 is 1. The predicted octanol–water partition coefficient (Wildman–Crippen LogP) is 3.13. The van der Waals surface area contributed by atoms with Crippen molar-refractivity contribution in [3.8, 4) is 17.1 Å². The third-order valence-corrected chi connectivity index (χ3v) is 7.55. The van der Waals surface area contributed by atoms with Crippen molar-refractivity contribution >= 4 is 15.7 Å². The van der Waals surface area contributed by atoms with Gasteiger partial charge in [-0.2, -0.15) is 9.29 Å². The first-order valence-electron chi connectivity index (χ1n) is 10.2. The summed E-state index contributed by atoms with van der Waals surface area (Å²) in [5.74, 6) is 1.72. The molecule has 0 aliphatic carbocycles. The summed E-state index contributed by atoms with van der Waals surface area (Å²) < 4.78 is 38.7. The van der Waals surface area contributed by atoms with E-state index in [-0.39, 0.29) is 4.90 Å². The van der Waals surface area contributed by atoms with Crippen molar-refractivity contribution in [1.29, 1.82) is 0 Å². The first-order chi connectivity index (χ1) is 14.9. The van der Waals surface area contributed by atoms with E-state index in [0.29, 0.717) is 55.4 Å². The van der Waals surface area contributed by atoms with Gasteiger partial charge in [-0.15, -0.1) is 0 Å². The zero-order chi connectivity index (χ0) is 22.0. The number of ether oxygens (including phenoxy) is 1. The molecule has 0 saturated carbocycles. The van der Waals surface area contributed by atoms with Crippen molar-refractivity contribution in [3.05, 3.63) is 53.9 Å². The highest BCUT2D eigenvalue weighted by atomic mass is 32.2. The number of hydrogen-bond donors (Lipinski definition) is 0. The summed E-state index contributed by atoms with van der Waals surface area (Å²) in [5, 5.41) is 3.97. The molecule has 0 atom stereocenters. The van der Waals surface area contributed by atoms with Crippen LogP contribution < -0.4 is 9.64 Å². The average Bonchev–Trinajstić information content (AvgIpc) is 3.29. The van der Waals surface area contributed by atoms with Crippen LogP contribution in [0.25, 0.3) is 11.4 Å². The van der Waals surface area contributed by atoms with Gasteiger partial charge in [0.25, 0.3) is 0 Å². The van der Waals surface area contributed by atoms with Gasteiger partial charge in [0.2, 0.25) is 21.7 Å². The van der Waals surface area contributed by atoms with Crippen LogP contribution in [-0.2, 0) is 16.4 Å². The van der Waals surface area contributed by atoms with Gasteiger partial charge in [0.1, 0.15) is 5.75 Å². The maximum atomic E-state index is 13.4. The number of sulfonamides is 1. The van der Waals surface area contributed by atoms with E-state index in [1.165, 1.54) is 0 Å². The smallest absolute Gasteiger partial charge is 0.243 e. The minimum absolute atomic E-state index is 0.283. The second-order valence-electron chi connectivity index (χ2n) is 7.43. The molecule has 2 heterocycles. The zero-order valence-electron chi connectivity index (χ0n) is 17.9. The van der Waals surface area contributed by atoms with Gasteiger partial charge in [0.15, 0.2) is 0 Å². The predicted molar refractivity (Wildman–Crippen MR) is 118 cm³/mol. The molecule has 164 valence electrons. The third-order valence-electron chi connectivity index (χ3n) is 5.51. The molecule has 0 bridgehead atoms. The summed E-state index contributed by atoms with van der Waals surface area (Å²) in [5.41, 5.74) is 2.38. The summed E-state index contributed by atoms with van der Waals surface area (Å²) in [7, 11) is -2.00. The molecule has 31 heavy (non-hydrogen) atoms. The molecule has 1 aliphatic heterocycles. The molecule has 1 fully saturated rings. The molecular weight excluding hydrogens is 416 g/mol. The van der Waals surface area contributed by atoms with Gasteiger partial charge in [0, 0.05) is 43.9 Å². The summed E-state index contributed by atoms with van der Waals surface area (Å²) in [6, 6.07) is 13.1. The largest absolute Gasteiger partial charge is 0.497 e. The Morgan fingerprint density at radius 3 is 2.39 bits per heavy atom. The molecule has 0 unspecified atom stereocenters. The first kappa shape index (κ1) is 21.3. The number of hydrogen-bond acceptors (Lipinski definition) is 7. The van der Waals surface area contributed by atoms with Crippen LogP contribution in [0, 0.1) is 6.92 Å². The summed E-state index contributed by atoms with van der Waals surface area (Å²) in [6.07, 6.45) is 0.627. The average molecular weight is 443 g/mol. The van der Waals surface area contributed by atoms with E-state index in [2.05, 4.69) is 15.0 Å². The standard InChI is InChI=1S/C22H26N4O4S/c1-4-21-23-22(24-30-21)17-6-5-16(2)20(15-17)31(27,28)26-13-11-25(12-14-26)18-7-9-19(29-3)10-8-18/h5-10,15H,4,11-14H2,1-3H3. The maximum Gasteiger partial charge on any atom is 0.243 e. The number of nitrogens with zero attached hydrogens (tertiary/aromatic N) is 4. The van der Waals surface area contributed by atoms with Crippen molar-refractivity contribution in [1.82, 2.24) is 14.4 Å². The Labute approximate surface area is 182 Å². The molecule has 1 aromatic heterocycles. The number of anilines is 1. The molecular formula is C22H26N4O4S. The number of rotatable bonds is 6. The van der Waals surface area contributed by atoms with Gasteiger partial charge in [-0.05, 0) is 42.8 Å². The molecule has 0 spiro atoms. The molecule has 8 nitrogen and oxygen atoms in total. The van der Waals surface area contributed by atoms with Crippen molar-refractivity contribution in [3.63, 3.8) is 0 Å². The first-order valence-corrected chi connectivity index (χ1v) is 11.7. The Morgan fingerprint density at radius 1 is 1.06 bits per heavy atom. The topological polar surface area (TPSA) is 88.8 Å². The van der Waals surface area contributed by atoms with E-state index in [9.17, 15) is 8.42 Å². The van der Waals surface area contributed by atoms with Crippen LogP contribution in [0.15, 0.2) is 51.9 Å². The van der Waals surface area contributed by atoms with Crippen LogP contribution in [-0.4, -0.2) is 56.2 Å². The van der Waals surface area contributed by atoms with E-state index >= 15 is 0 Å². The number of aromatic nitrogens is 2. The van der Waals surface area contributed by atoms with Crippen molar-refractivity contribution in [2.75, 3.05) is 38.2 Å². The molecule has 9 heteroatoms. The van der Waals surface area contributed by atoms with Crippen molar-refractivity contribution in [2.24, 2.45) is 0 Å². The molecule has 2 aromatic carbocycles. The zero-order valence-corrected chi connectivity index (χ0v) is 18.7. The van der Waals surface area contributed by atoms with Gasteiger partial charge < -0.3 is 14.2 Å². The lowest BCUT2D eigenvalue weighted by molar-refractivity contribution is 0.382. The third kappa shape index (κ3) is 4.28. The Morgan fingerprint density at radius 2 is 1.77 bits per heavy atom. The number of piperazine rings is 1. The normalized spacial score (nSPS) is 15.3. The number of aryl methyl sites for hydroxylation is 2. The monoisotopic (exact) mass is 442 g/mol. The van der Waals surface area contributed by atoms with Gasteiger partial charge in [-0.3, -0.25) is 0 Å². The summed E-state index contributed by atoms with van der Waals surface area (Å²) >= 11 is 0. The summed E-state index contributed by atoms with van der Waals surface area (Å²) in [4.78, 5) is 6.78. The van der Waals surface area contributed by atoms with Gasteiger partial charge in [-0.1, -0.05) is 24.2 Å². The van der Waals surface area contributed by atoms with E-state index in [1.54, 1.807) is 30.5 Å². The SMILES string of the molecule is CCc1nc(-c2ccc(C)c(S(=O)(=O)N3CCN(c4ccc(OC)cc4)CC3)c2)no1. The second-order valence-corrected chi connectivity index (χ2v) is 9.34. The van der Waals surface area contributed by atoms with E-state index < -0.39 is 10.0 Å². The van der Waals surface area contributed by atoms with Gasteiger partial charge >= 0.3 is 0 Å². The number of benzene rings is 2. The molecule has 3 aromatic rings. The quantitative estimate of drug-likeness (QED) is 0.579. The Kier molecular flexibility index (Phi) is 5.97. The lowest BCUT2D eigenvalue weighted by Crippen LogP contribution is -2.48. The van der Waals surface area contributed by atoms with Crippen LogP contribution >= 0.6 is 0 Å². The van der Waals surface area contributed by atoms with Crippen molar-refractivity contribution < 1.29 is 17.7 Å². The van der Waals surface area contributed by atoms with Crippen LogP contribution in [0.3, 0.4) is 0 Å². The van der Waals surface area contributed by atoms with E-state index in [4.69, 9.17) is 9.26 Å². The van der Waals surface area contributed by atoms with Crippen LogP contribution in [0.4, 0.5) is 5.69 Å². The minimum atomic E-state index is -3.64. The highest BCUT2D eigenvalue weighted by molar-refractivity contribution is 7.89. The van der Waals surface area contributed by atoms with Gasteiger partial charge in [0.05, 0.1) is 12.0 Å². The summed E-state index contributed by atoms with van der Waals surface area (Å²) in [6.45, 7) is 5.80. The molecule has 0 amide bonds. The second kappa shape index (κ2) is 8.68. The molecule has 1 aliphatic rings. The minimum Gasteiger partial charge on any atom is -0.497 e. The lowest BCUT2D eigenvalue weighted by atomic mass is 10.1. The Hall–Kier alpha value is -2.91. The van der Waals surface area contributed by atoms with Crippen LogP contribution in [0.5, 0.6) is 5.75 Å². The fraction of sp³-hybridized carbons (Fsp3) is 0.364. The molecule has 4 rings (SSSR count). The molecule has 0 N–H and O–H groups in total. The van der Waals surface area contributed by atoms with E-state index in [0.717, 1.165) is 11.4 Å². The van der Waals surface area contributed by atoms with Crippen LogP contribution in [0.1, 0.15) is 18.4 Å². The molecule has 1 saturated heterocycles. The van der Waals surface area contributed by atoms with Gasteiger partial charge in [-0.25, -0.2) is 8.42 Å². The van der Waals surface area contributed by atoms with Crippen LogP contribution in [0.2, 0.25) is 0 Å². The van der Waals surface area contributed by atoms with E-state index in [1.807, 2.05) is 37.3 Å². The Balaban J connectivity index is 1.53. The Bertz CT molecular complexity index is 1150. The highest BCUT2D eigenvalue weighted by Crippen LogP contribution is 2.28. The van der Waals surface area contributed by atoms with Crippen molar-refractivity contribution in [2.45, 2.75) is 25.2 Å². The fourth-order valence-electron chi connectivity index (χ4n) is 3.65. The lowest BCUT2D eigenvalue weighted by Gasteiger charge is -2.35. The highest BCUT2D eigenvalue weighted by Gasteiger charge is 2.30.